The van der Waals surface area contributed by atoms with E-state index in [4.69, 9.17) is 5.73 Å². The number of rotatable bonds is 4. The van der Waals surface area contributed by atoms with Crippen LogP contribution >= 0.6 is 0 Å². The summed E-state index contributed by atoms with van der Waals surface area (Å²) < 4.78 is 0. The van der Waals surface area contributed by atoms with Crippen LogP contribution in [0, 0.1) is 6.92 Å². The number of phenols is 1. The smallest absolute Gasteiger partial charge is 0.254 e. The number of nitrogens with zero attached hydrogens (tertiary/aromatic N) is 1. The highest BCUT2D eigenvalue weighted by Gasteiger charge is 2.15. The van der Waals surface area contributed by atoms with E-state index in [1.165, 1.54) is 0 Å². The highest BCUT2D eigenvalue weighted by molar-refractivity contribution is 5.94. The number of aromatic hydroxyl groups is 1. The molecule has 3 N–H and O–H groups in total. The number of hydrogen-bond acceptors (Lipinski definition) is 3. The SMILES string of the molecule is CCN(Cc1cccc(N)c1)C(=O)c1ccc(O)c(C)c1. The van der Waals surface area contributed by atoms with Crippen molar-refractivity contribution in [2.75, 3.05) is 12.3 Å². The van der Waals surface area contributed by atoms with Crippen molar-refractivity contribution in [1.29, 1.82) is 0 Å². The maximum atomic E-state index is 12.5. The van der Waals surface area contributed by atoms with Gasteiger partial charge in [0.15, 0.2) is 0 Å². The molecule has 0 aliphatic heterocycles. The quantitative estimate of drug-likeness (QED) is 0.848. The Morgan fingerprint density at radius 3 is 2.62 bits per heavy atom. The van der Waals surface area contributed by atoms with Gasteiger partial charge < -0.3 is 15.7 Å². The van der Waals surface area contributed by atoms with Gasteiger partial charge in [0, 0.05) is 24.3 Å². The summed E-state index contributed by atoms with van der Waals surface area (Å²) in [5.74, 6) is 0.147. The molecule has 0 aliphatic rings. The summed E-state index contributed by atoms with van der Waals surface area (Å²) in [7, 11) is 0. The fourth-order valence-corrected chi connectivity index (χ4v) is 2.21. The first-order valence-electron chi connectivity index (χ1n) is 6.94. The number of carbonyl (C=O) groups is 1. The normalized spacial score (nSPS) is 10.4. The molecule has 1 amide bonds. The van der Waals surface area contributed by atoms with E-state index in [2.05, 4.69) is 0 Å². The Morgan fingerprint density at radius 1 is 1.24 bits per heavy atom. The lowest BCUT2D eigenvalue weighted by Gasteiger charge is -2.21. The average molecular weight is 284 g/mol. The van der Waals surface area contributed by atoms with Gasteiger partial charge in [0.05, 0.1) is 0 Å². The highest BCUT2D eigenvalue weighted by atomic mass is 16.3. The van der Waals surface area contributed by atoms with E-state index in [1.807, 2.05) is 31.2 Å². The van der Waals surface area contributed by atoms with E-state index in [-0.39, 0.29) is 11.7 Å². The van der Waals surface area contributed by atoms with Crippen LogP contribution in [0.3, 0.4) is 0 Å². The molecule has 2 rings (SSSR count). The zero-order chi connectivity index (χ0) is 15.4. The molecule has 0 heterocycles. The summed E-state index contributed by atoms with van der Waals surface area (Å²) in [5.41, 5.74) is 8.74. The van der Waals surface area contributed by atoms with Crippen molar-refractivity contribution in [3.63, 3.8) is 0 Å². The van der Waals surface area contributed by atoms with Crippen molar-refractivity contribution in [3.05, 3.63) is 59.2 Å². The molecular weight excluding hydrogens is 264 g/mol. The molecule has 0 atom stereocenters. The molecule has 0 aromatic heterocycles. The summed E-state index contributed by atoms with van der Waals surface area (Å²) in [6.45, 7) is 4.84. The van der Waals surface area contributed by atoms with Gasteiger partial charge in [-0.3, -0.25) is 4.79 Å². The lowest BCUT2D eigenvalue weighted by molar-refractivity contribution is 0.0752. The van der Waals surface area contributed by atoms with Crippen molar-refractivity contribution in [2.24, 2.45) is 0 Å². The zero-order valence-corrected chi connectivity index (χ0v) is 12.3. The van der Waals surface area contributed by atoms with E-state index < -0.39 is 0 Å². The minimum atomic E-state index is -0.0528. The molecule has 0 bridgehead atoms. The lowest BCUT2D eigenvalue weighted by Crippen LogP contribution is -2.30. The zero-order valence-electron chi connectivity index (χ0n) is 12.3. The number of carbonyl (C=O) groups excluding carboxylic acids is 1. The molecule has 4 heteroatoms. The second kappa shape index (κ2) is 6.31. The topological polar surface area (TPSA) is 66.6 Å². The Balaban J connectivity index is 2.20. The minimum Gasteiger partial charge on any atom is -0.508 e. The van der Waals surface area contributed by atoms with Crippen molar-refractivity contribution >= 4 is 11.6 Å². The lowest BCUT2D eigenvalue weighted by atomic mass is 10.1. The van der Waals surface area contributed by atoms with Crippen LogP contribution in [-0.2, 0) is 6.54 Å². The molecule has 0 saturated carbocycles. The predicted molar refractivity (Wildman–Crippen MR) is 84.1 cm³/mol. The first-order valence-corrected chi connectivity index (χ1v) is 6.94. The van der Waals surface area contributed by atoms with Crippen LogP contribution in [0.25, 0.3) is 0 Å². The molecule has 4 nitrogen and oxygen atoms in total. The van der Waals surface area contributed by atoms with E-state index in [0.717, 1.165) is 5.56 Å². The van der Waals surface area contributed by atoms with Crippen molar-refractivity contribution in [1.82, 2.24) is 4.90 Å². The van der Waals surface area contributed by atoms with Crippen molar-refractivity contribution in [2.45, 2.75) is 20.4 Å². The number of hydrogen-bond donors (Lipinski definition) is 2. The summed E-state index contributed by atoms with van der Waals surface area (Å²) in [6.07, 6.45) is 0. The van der Waals surface area contributed by atoms with Gasteiger partial charge in [0.2, 0.25) is 0 Å². The Bertz CT molecular complexity index is 653. The first-order chi connectivity index (χ1) is 10.0. The second-order valence-corrected chi connectivity index (χ2v) is 5.07. The summed E-state index contributed by atoms with van der Waals surface area (Å²) in [4.78, 5) is 14.3. The number of aryl methyl sites for hydroxylation is 1. The number of amides is 1. The summed E-state index contributed by atoms with van der Waals surface area (Å²) in [5, 5.41) is 9.55. The van der Waals surface area contributed by atoms with Crippen LogP contribution in [0.15, 0.2) is 42.5 Å². The summed E-state index contributed by atoms with van der Waals surface area (Å²) >= 11 is 0. The number of anilines is 1. The second-order valence-electron chi connectivity index (χ2n) is 5.07. The minimum absolute atomic E-state index is 0.0528. The third-order valence-corrected chi connectivity index (χ3v) is 3.44. The number of benzene rings is 2. The van der Waals surface area contributed by atoms with Crippen LogP contribution in [0.4, 0.5) is 5.69 Å². The van der Waals surface area contributed by atoms with Crippen LogP contribution in [0.1, 0.15) is 28.4 Å². The summed E-state index contributed by atoms with van der Waals surface area (Å²) in [6, 6.07) is 12.4. The van der Waals surface area contributed by atoms with Crippen molar-refractivity contribution in [3.8, 4) is 5.75 Å². The molecule has 110 valence electrons. The fraction of sp³-hybridized carbons (Fsp3) is 0.235. The Kier molecular flexibility index (Phi) is 4.48. The molecular formula is C17H20N2O2. The van der Waals surface area contributed by atoms with Crippen LogP contribution in [-0.4, -0.2) is 22.5 Å². The third-order valence-electron chi connectivity index (χ3n) is 3.44. The van der Waals surface area contributed by atoms with Crippen LogP contribution in [0.2, 0.25) is 0 Å². The maximum absolute atomic E-state index is 12.5. The molecule has 0 spiro atoms. The van der Waals surface area contributed by atoms with Gasteiger partial charge in [-0.25, -0.2) is 0 Å². The monoisotopic (exact) mass is 284 g/mol. The third kappa shape index (κ3) is 3.54. The number of nitrogens with two attached hydrogens (primary N) is 1. The first kappa shape index (κ1) is 14.9. The van der Waals surface area contributed by atoms with Gasteiger partial charge in [-0.2, -0.15) is 0 Å². The highest BCUT2D eigenvalue weighted by Crippen LogP contribution is 2.19. The van der Waals surface area contributed by atoms with E-state index >= 15 is 0 Å². The van der Waals surface area contributed by atoms with E-state index in [9.17, 15) is 9.90 Å². The standard InChI is InChI=1S/C17H20N2O2/c1-3-19(11-13-5-4-6-15(18)10-13)17(21)14-7-8-16(20)12(2)9-14/h4-10,20H,3,11,18H2,1-2H3. The maximum Gasteiger partial charge on any atom is 0.254 e. The molecule has 0 unspecified atom stereocenters. The molecule has 2 aromatic rings. The van der Waals surface area contributed by atoms with Crippen LogP contribution in [0.5, 0.6) is 5.75 Å². The number of nitrogen functional groups attached to an aromatic ring is 1. The molecule has 0 saturated heterocycles. The predicted octanol–water partition coefficient (Wildman–Crippen LogP) is 2.95. The van der Waals surface area contributed by atoms with Gasteiger partial charge in [0.1, 0.15) is 5.75 Å². The largest absolute Gasteiger partial charge is 0.508 e. The van der Waals surface area contributed by atoms with Gasteiger partial charge in [-0.05, 0) is 55.3 Å². The van der Waals surface area contributed by atoms with E-state index in [1.54, 1.807) is 30.0 Å². The fourth-order valence-electron chi connectivity index (χ4n) is 2.21. The van der Waals surface area contributed by atoms with Crippen molar-refractivity contribution < 1.29 is 9.90 Å². The number of phenolic OH excluding ortho intramolecular Hbond substituents is 1. The molecule has 0 radical (unpaired) electrons. The molecule has 21 heavy (non-hydrogen) atoms. The van der Waals surface area contributed by atoms with Gasteiger partial charge >= 0.3 is 0 Å². The van der Waals surface area contributed by atoms with Gasteiger partial charge in [-0.15, -0.1) is 0 Å². The van der Waals surface area contributed by atoms with Gasteiger partial charge in [-0.1, -0.05) is 12.1 Å². The Morgan fingerprint density at radius 2 is 2.00 bits per heavy atom. The molecule has 0 aliphatic carbocycles. The molecule has 2 aromatic carbocycles. The molecule has 0 fully saturated rings. The Hall–Kier alpha value is -2.49. The Labute approximate surface area is 124 Å². The van der Waals surface area contributed by atoms with Crippen LogP contribution < -0.4 is 5.73 Å². The average Bonchev–Trinajstić information content (AvgIpc) is 2.47. The van der Waals surface area contributed by atoms with E-state index in [0.29, 0.717) is 29.9 Å². The van der Waals surface area contributed by atoms with Gasteiger partial charge in [0.25, 0.3) is 5.91 Å².